The van der Waals surface area contributed by atoms with E-state index in [1.165, 1.54) is 6.08 Å². The van der Waals surface area contributed by atoms with Crippen LogP contribution >= 0.6 is 11.6 Å². The molecule has 0 fully saturated rings. The molecule has 0 saturated heterocycles. The van der Waals surface area contributed by atoms with Gasteiger partial charge in [0.25, 0.3) is 0 Å². The third-order valence-corrected chi connectivity index (χ3v) is 3.90. The monoisotopic (exact) mass is 345 g/mol. The summed E-state index contributed by atoms with van der Waals surface area (Å²) in [5, 5.41) is 3.43. The Labute approximate surface area is 147 Å². The topological polar surface area (TPSA) is 47.6 Å². The maximum Gasteiger partial charge on any atom is 0.244 e. The molecule has 0 saturated carbocycles. The van der Waals surface area contributed by atoms with Gasteiger partial charge in [-0.15, -0.1) is 0 Å². The summed E-state index contributed by atoms with van der Waals surface area (Å²) in [7, 11) is 3.21. The number of nitrogens with one attached hydrogen (secondary N) is 1. The highest BCUT2D eigenvalue weighted by Crippen LogP contribution is 2.26. The number of hydrogen-bond donors (Lipinski definition) is 1. The SMILES string of the molecule is COc1ccccc1[C@@H](CNC(=O)/C=C/c1ccccc1Cl)OC. The molecule has 4 nitrogen and oxygen atoms in total. The molecule has 1 N–H and O–H groups in total. The Hall–Kier alpha value is -2.30. The van der Waals surface area contributed by atoms with Crippen molar-refractivity contribution in [3.05, 3.63) is 70.8 Å². The Morgan fingerprint density at radius 3 is 2.58 bits per heavy atom. The van der Waals surface area contributed by atoms with Crippen molar-refractivity contribution in [1.29, 1.82) is 0 Å². The van der Waals surface area contributed by atoms with E-state index >= 15 is 0 Å². The maximum atomic E-state index is 12.0. The van der Waals surface area contributed by atoms with Crippen molar-refractivity contribution in [2.75, 3.05) is 20.8 Å². The van der Waals surface area contributed by atoms with E-state index in [1.807, 2.05) is 42.5 Å². The molecule has 2 rings (SSSR count). The van der Waals surface area contributed by atoms with Crippen molar-refractivity contribution in [1.82, 2.24) is 5.32 Å². The lowest BCUT2D eigenvalue weighted by atomic mass is 10.1. The highest BCUT2D eigenvalue weighted by molar-refractivity contribution is 6.32. The second-order valence-corrected chi connectivity index (χ2v) is 5.47. The number of carbonyl (C=O) groups is 1. The van der Waals surface area contributed by atoms with Crippen LogP contribution in [0.4, 0.5) is 0 Å². The quantitative estimate of drug-likeness (QED) is 0.775. The molecule has 0 radical (unpaired) electrons. The minimum Gasteiger partial charge on any atom is -0.496 e. The number of para-hydroxylation sites is 1. The van der Waals surface area contributed by atoms with Crippen LogP contribution in [0.1, 0.15) is 17.2 Å². The molecule has 24 heavy (non-hydrogen) atoms. The van der Waals surface area contributed by atoms with E-state index in [0.29, 0.717) is 11.6 Å². The van der Waals surface area contributed by atoms with Gasteiger partial charge in [-0.25, -0.2) is 0 Å². The van der Waals surface area contributed by atoms with Crippen LogP contribution in [0.3, 0.4) is 0 Å². The summed E-state index contributed by atoms with van der Waals surface area (Å²) in [6.45, 7) is 0.336. The fourth-order valence-electron chi connectivity index (χ4n) is 2.28. The van der Waals surface area contributed by atoms with Crippen molar-refractivity contribution < 1.29 is 14.3 Å². The molecule has 0 aliphatic rings. The van der Waals surface area contributed by atoms with E-state index in [4.69, 9.17) is 21.1 Å². The van der Waals surface area contributed by atoms with Gasteiger partial charge in [-0.1, -0.05) is 48.0 Å². The zero-order chi connectivity index (χ0) is 17.4. The Morgan fingerprint density at radius 1 is 1.17 bits per heavy atom. The number of benzene rings is 2. The summed E-state index contributed by atoms with van der Waals surface area (Å²) < 4.78 is 10.8. The van der Waals surface area contributed by atoms with E-state index in [2.05, 4.69) is 5.32 Å². The van der Waals surface area contributed by atoms with Crippen molar-refractivity contribution >= 4 is 23.6 Å². The molecule has 0 heterocycles. The predicted molar refractivity (Wildman–Crippen MR) is 96.2 cm³/mol. The molecule has 0 spiro atoms. The van der Waals surface area contributed by atoms with Gasteiger partial charge in [0.05, 0.1) is 7.11 Å². The number of methoxy groups -OCH3 is 2. The number of rotatable bonds is 7. The molecule has 2 aromatic rings. The van der Waals surface area contributed by atoms with Crippen LogP contribution < -0.4 is 10.1 Å². The van der Waals surface area contributed by atoms with E-state index in [9.17, 15) is 4.79 Å². The van der Waals surface area contributed by atoms with Crippen LogP contribution in [-0.2, 0) is 9.53 Å². The maximum absolute atomic E-state index is 12.0. The number of amides is 1. The molecule has 126 valence electrons. The zero-order valence-electron chi connectivity index (χ0n) is 13.7. The molecular formula is C19H20ClNO3. The number of hydrogen-bond acceptors (Lipinski definition) is 3. The van der Waals surface area contributed by atoms with Crippen LogP contribution in [-0.4, -0.2) is 26.7 Å². The first-order chi connectivity index (χ1) is 11.7. The lowest BCUT2D eigenvalue weighted by Gasteiger charge is -2.18. The predicted octanol–water partition coefficient (Wildman–Crippen LogP) is 3.87. The van der Waals surface area contributed by atoms with Gasteiger partial charge in [0.2, 0.25) is 5.91 Å². The van der Waals surface area contributed by atoms with Gasteiger partial charge in [-0.3, -0.25) is 4.79 Å². The Morgan fingerprint density at radius 2 is 1.88 bits per heavy atom. The third-order valence-electron chi connectivity index (χ3n) is 3.55. The van der Waals surface area contributed by atoms with Gasteiger partial charge in [0.1, 0.15) is 11.9 Å². The lowest BCUT2D eigenvalue weighted by Crippen LogP contribution is -2.27. The number of ether oxygens (including phenoxy) is 2. The molecule has 0 aliphatic carbocycles. The molecule has 0 aliphatic heterocycles. The highest BCUT2D eigenvalue weighted by atomic mass is 35.5. The van der Waals surface area contributed by atoms with Crippen LogP contribution in [0.15, 0.2) is 54.6 Å². The first-order valence-electron chi connectivity index (χ1n) is 7.52. The number of halogens is 1. The second-order valence-electron chi connectivity index (χ2n) is 5.07. The lowest BCUT2D eigenvalue weighted by molar-refractivity contribution is -0.117. The fourth-order valence-corrected chi connectivity index (χ4v) is 2.48. The molecule has 2 aromatic carbocycles. The van der Waals surface area contributed by atoms with Crippen molar-refractivity contribution in [3.8, 4) is 5.75 Å². The van der Waals surface area contributed by atoms with Crippen LogP contribution in [0.2, 0.25) is 5.02 Å². The summed E-state index contributed by atoms with van der Waals surface area (Å²) in [5.41, 5.74) is 1.68. The third kappa shape index (κ3) is 4.85. The van der Waals surface area contributed by atoms with Gasteiger partial charge in [-0.2, -0.15) is 0 Å². The van der Waals surface area contributed by atoms with Gasteiger partial charge in [-0.05, 0) is 23.8 Å². The van der Waals surface area contributed by atoms with Gasteiger partial charge >= 0.3 is 0 Å². The van der Waals surface area contributed by atoms with E-state index in [1.54, 1.807) is 26.4 Å². The summed E-state index contributed by atoms with van der Waals surface area (Å²) in [5.74, 6) is 0.511. The Kier molecular flexibility index (Phi) is 6.85. The van der Waals surface area contributed by atoms with E-state index in [0.717, 1.165) is 16.9 Å². The van der Waals surface area contributed by atoms with Crippen molar-refractivity contribution in [2.45, 2.75) is 6.10 Å². The van der Waals surface area contributed by atoms with Crippen molar-refractivity contribution in [2.24, 2.45) is 0 Å². The first kappa shape index (κ1) is 18.0. The molecule has 5 heteroatoms. The molecular weight excluding hydrogens is 326 g/mol. The van der Waals surface area contributed by atoms with Crippen LogP contribution in [0.25, 0.3) is 6.08 Å². The minimum atomic E-state index is -0.293. The van der Waals surface area contributed by atoms with Gasteiger partial charge < -0.3 is 14.8 Å². The zero-order valence-corrected chi connectivity index (χ0v) is 14.4. The summed E-state index contributed by atoms with van der Waals surface area (Å²) in [6.07, 6.45) is 2.84. The normalized spacial score (nSPS) is 12.1. The van der Waals surface area contributed by atoms with Crippen LogP contribution in [0, 0.1) is 0 Å². The molecule has 0 bridgehead atoms. The average molecular weight is 346 g/mol. The summed E-state index contributed by atoms with van der Waals surface area (Å²) in [6, 6.07) is 14.9. The minimum absolute atomic E-state index is 0.216. The Bertz CT molecular complexity index is 715. The van der Waals surface area contributed by atoms with Crippen molar-refractivity contribution in [3.63, 3.8) is 0 Å². The fraction of sp³-hybridized carbons (Fsp3) is 0.211. The summed E-state index contributed by atoms with van der Waals surface area (Å²) >= 11 is 6.05. The molecule has 0 unspecified atom stereocenters. The Balaban J connectivity index is 1.98. The van der Waals surface area contributed by atoms with E-state index in [-0.39, 0.29) is 12.0 Å². The summed E-state index contributed by atoms with van der Waals surface area (Å²) in [4.78, 5) is 12.0. The van der Waals surface area contributed by atoms with Crippen LogP contribution in [0.5, 0.6) is 5.75 Å². The largest absolute Gasteiger partial charge is 0.496 e. The number of carbonyl (C=O) groups excluding carboxylic acids is 1. The second kappa shape index (κ2) is 9.11. The highest BCUT2D eigenvalue weighted by Gasteiger charge is 2.15. The molecule has 0 aromatic heterocycles. The van der Waals surface area contributed by atoms with E-state index < -0.39 is 0 Å². The van der Waals surface area contributed by atoms with Gasteiger partial charge in [0.15, 0.2) is 0 Å². The standard InChI is InChI=1S/C19H20ClNO3/c1-23-17-10-6-4-8-15(17)18(24-2)13-21-19(22)12-11-14-7-3-5-9-16(14)20/h3-12,18H,13H2,1-2H3,(H,21,22)/b12-11+/t18-/m1/s1. The molecule has 1 amide bonds. The van der Waals surface area contributed by atoms with Gasteiger partial charge in [0, 0.05) is 30.3 Å². The first-order valence-corrected chi connectivity index (χ1v) is 7.89. The smallest absolute Gasteiger partial charge is 0.244 e. The molecule has 1 atom stereocenters. The average Bonchev–Trinajstić information content (AvgIpc) is 2.62.